The Morgan fingerprint density at radius 2 is 1.91 bits per heavy atom. The van der Waals surface area contributed by atoms with Crippen LogP contribution in [0, 0.1) is 0 Å². The first-order chi connectivity index (χ1) is 10.5. The highest BCUT2D eigenvalue weighted by molar-refractivity contribution is 6.30. The first-order valence-corrected chi connectivity index (χ1v) is 7.92. The molecule has 2 saturated heterocycles. The average Bonchev–Trinajstić information content (AvgIpc) is 2.79. The van der Waals surface area contributed by atoms with Crippen molar-refractivity contribution >= 4 is 23.4 Å². The maximum Gasteiger partial charge on any atom is 0.241 e. The van der Waals surface area contributed by atoms with Crippen LogP contribution in [-0.2, 0) is 16.1 Å². The van der Waals surface area contributed by atoms with Gasteiger partial charge in [-0.05, 0) is 30.5 Å². The lowest BCUT2D eigenvalue weighted by molar-refractivity contribution is -0.136. The van der Waals surface area contributed by atoms with Crippen LogP contribution >= 0.6 is 11.6 Å². The predicted octanol–water partition coefficient (Wildman–Crippen LogP) is 1.61. The summed E-state index contributed by atoms with van der Waals surface area (Å²) in [5.41, 5.74) is 0.653. The number of piperidine rings is 1. The van der Waals surface area contributed by atoms with Crippen molar-refractivity contribution in [2.45, 2.75) is 31.8 Å². The second-order valence-corrected chi connectivity index (χ2v) is 6.46. The van der Waals surface area contributed by atoms with Crippen molar-refractivity contribution in [3.05, 3.63) is 34.9 Å². The molecule has 2 aliphatic rings. The first kappa shape index (κ1) is 15.3. The van der Waals surface area contributed by atoms with E-state index in [4.69, 9.17) is 11.6 Å². The van der Waals surface area contributed by atoms with Gasteiger partial charge in [-0.15, -0.1) is 0 Å². The van der Waals surface area contributed by atoms with E-state index in [0.717, 1.165) is 5.56 Å². The number of hydrogen-bond acceptors (Lipinski definition) is 3. The fourth-order valence-corrected chi connectivity index (χ4v) is 3.50. The van der Waals surface area contributed by atoms with E-state index in [1.165, 1.54) is 0 Å². The molecule has 2 aliphatic heterocycles. The molecule has 118 valence electrons. The molecular formula is C16H20ClN3O2. The van der Waals surface area contributed by atoms with Crippen LogP contribution < -0.4 is 5.32 Å². The predicted molar refractivity (Wildman–Crippen MR) is 84.2 cm³/mol. The van der Waals surface area contributed by atoms with E-state index in [-0.39, 0.29) is 11.8 Å². The maximum absolute atomic E-state index is 12.4. The molecule has 0 atom stereocenters. The third-order valence-electron chi connectivity index (χ3n) is 4.78. The number of rotatable bonds is 2. The molecule has 0 bridgehead atoms. The average molecular weight is 322 g/mol. The third kappa shape index (κ3) is 2.71. The van der Waals surface area contributed by atoms with Gasteiger partial charge in [0.2, 0.25) is 11.8 Å². The molecule has 6 heteroatoms. The van der Waals surface area contributed by atoms with Gasteiger partial charge >= 0.3 is 0 Å². The molecule has 0 radical (unpaired) electrons. The summed E-state index contributed by atoms with van der Waals surface area (Å²) >= 11 is 5.92. The number of carbonyl (C=O) groups excluding carboxylic acids is 2. The van der Waals surface area contributed by atoms with Crippen molar-refractivity contribution in [1.29, 1.82) is 0 Å². The van der Waals surface area contributed by atoms with Gasteiger partial charge in [0, 0.05) is 31.6 Å². The second-order valence-electron chi connectivity index (χ2n) is 6.03. The Morgan fingerprint density at radius 1 is 1.27 bits per heavy atom. The Bertz CT molecular complexity index is 580. The van der Waals surface area contributed by atoms with Gasteiger partial charge in [-0.2, -0.15) is 0 Å². The summed E-state index contributed by atoms with van der Waals surface area (Å²) < 4.78 is 0. The zero-order chi connectivity index (χ0) is 15.7. The highest BCUT2D eigenvalue weighted by Gasteiger charge is 2.50. The van der Waals surface area contributed by atoms with E-state index in [1.807, 2.05) is 29.2 Å². The number of carbonyl (C=O) groups is 2. The summed E-state index contributed by atoms with van der Waals surface area (Å²) in [4.78, 5) is 27.9. The topological polar surface area (TPSA) is 52.7 Å². The largest absolute Gasteiger partial charge is 0.343 e. The molecule has 1 spiro atoms. The van der Waals surface area contributed by atoms with E-state index < -0.39 is 5.54 Å². The van der Waals surface area contributed by atoms with E-state index in [1.54, 1.807) is 6.92 Å². The summed E-state index contributed by atoms with van der Waals surface area (Å²) in [6.45, 7) is 4.12. The van der Waals surface area contributed by atoms with Crippen LogP contribution in [0.3, 0.4) is 0 Å². The lowest BCUT2D eigenvalue weighted by Crippen LogP contribution is -2.56. The Kier molecular flexibility index (Phi) is 4.10. The molecule has 1 N–H and O–H groups in total. The molecule has 5 nitrogen and oxygen atoms in total. The molecular weight excluding hydrogens is 302 g/mol. The van der Waals surface area contributed by atoms with Gasteiger partial charge in [0.1, 0.15) is 5.54 Å². The zero-order valence-corrected chi connectivity index (χ0v) is 13.4. The van der Waals surface area contributed by atoms with Crippen molar-refractivity contribution in [2.24, 2.45) is 0 Å². The molecule has 1 aromatic carbocycles. The van der Waals surface area contributed by atoms with Crippen LogP contribution in [-0.4, -0.2) is 46.9 Å². The molecule has 0 unspecified atom stereocenters. The van der Waals surface area contributed by atoms with E-state index in [2.05, 4.69) is 10.2 Å². The SMILES string of the molecule is CC(=O)N1CCC2(CC1)C(=O)NCN2Cc1ccc(Cl)cc1. The van der Waals surface area contributed by atoms with Crippen LogP contribution in [0.2, 0.25) is 5.02 Å². The number of hydrogen-bond donors (Lipinski definition) is 1. The highest BCUT2D eigenvalue weighted by atomic mass is 35.5. The molecule has 2 heterocycles. The van der Waals surface area contributed by atoms with Crippen molar-refractivity contribution in [3.8, 4) is 0 Å². The summed E-state index contributed by atoms with van der Waals surface area (Å²) in [6.07, 6.45) is 1.37. The number of amides is 2. The molecule has 0 aromatic heterocycles. The van der Waals surface area contributed by atoms with Gasteiger partial charge in [-0.25, -0.2) is 0 Å². The Balaban J connectivity index is 1.75. The molecule has 22 heavy (non-hydrogen) atoms. The van der Waals surface area contributed by atoms with Gasteiger partial charge < -0.3 is 10.2 Å². The fourth-order valence-electron chi connectivity index (χ4n) is 3.38. The molecule has 1 aromatic rings. The number of halogens is 1. The van der Waals surface area contributed by atoms with Gasteiger partial charge in [-0.3, -0.25) is 14.5 Å². The summed E-state index contributed by atoms with van der Waals surface area (Å²) in [5.74, 6) is 0.169. The van der Waals surface area contributed by atoms with Gasteiger partial charge in [-0.1, -0.05) is 23.7 Å². The van der Waals surface area contributed by atoms with E-state index >= 15 is 0 Å². The van der Waals surface area contributed by atoms with Gasteiger partial charge in [0.15, 0.2) is 0 Å². The summed E-state index contributed by atoms with van der Waals surface area (Å²) in [7, 11) is 0. The van der Waals surface area contributed by atoms with Gasteiger partial charge in [0.05, 0.1) is 6.67 Å². The van der Waals surface area contributed by atoms with E-state index in [0.29, 0.717) is 44.2 Å². The van der Waals surface area contributed by atoms with Crippen molar-refractivity contribution < 1.29 is 9.59 Å². The Labute approximate surface area is 135 Å². The maximum atomic E-state index is 12.4. The van der Waals surface area contributed by atoms with Crippen LogP contribution in [0.1, 0.15) is 25.3 Å². The molecule has 0 aliphatic carbocycles. The minimum atomic E-state index is -0.481. The molecule has 3 rings (SSSR count). The molecule has 0 saturated carbocycles. The Morgan fingerprint density at radius 3 is 2.50 bits per heavy atom. The Hall–Kier alpha value is -1.59. The van der Waals surface area contributed by atoms with Crippen molar-refractivity contribution in [1.82, 2.24) is 15.1 Å². The van der Waals surface area contributed by atoms with Crippen LogP contribution in [0.15, 0.2) is 24.3 Å². The zero-order valence-electron chi connectivity index (χ0n) is 12.6. The number of nitrogens with one attached hydrogen (secondary N) is 1. The smallest absolute Gasteiger partial charge is 0.241 e. The number of likely N-dealkylation sites (tertiary alicyclic amines) is 1. The minimum absolute atomic E-state index is 0.0810. The van der Waals surface area contributed by atoms with Crippen molar-refractivity contribution in [3.63, 3.8) is 0 Å². The quantitative estimate of drug-likeness (QED) is 0.900. The standard InChI is InChI=1S/C16H20ClN3O2/c1-12(21)19-8-6-16(7-9-19)15(22)18-11-20(16)10-13-2-4-14(17)5-3-13/h2-5H,6-11H2,1H3,(H,18,22). The van der Waals surface area contributed by atoms with Crippen LogP contribution in [0.4, 0.5) is 0 Å². The monoisotopic (exact) mass is 321 g/mol. The lowest BCUT2D eigenvalue weighted by atomic mass is 9.85. The van der Waals surface area contributed by atoms with Crippen LogP contribution in [0.25, 0.3) is 0 Å². The number of nitrogens with zero attached hydrogens (tertiary/aromatic N) is 2. The summed E-state index contributed by atoms with van der Waals surface area (Å²) in [5, 5.41) is 3.68. The fraction of sp³-hybridized carbons (Fsp3) is 0.500. The van der Waals surface area contributed by atoms with Gasteiger partial charge in [0.25, 0.3) is 0 Å². The second kappa shape index (κ2) is 5.89. The third-order valence-corrected chi connectivity index (χ3v) is 5.03. The molecule has 2 amide bonds. The lowest BCUT2D eigenvalue weighted by Gasteiger charge is -2.42. The summed E-state index contributed by atoms with van der Waals surface area (Å²) in [6, 6.07) is 7.72. The van der Waals surface area contributed by atoms with E-state index in [9.17, 15) is 9.59 Å². The first-order valence-electron chi connectivity index (χ1n) is 7.54. The molecule has 2 fully saturated rings. The van der Waals surface area contributed by atoms with Crippen molar-refractivity contribution in [2.75, 3.05) is 19.8 Å². The van der Waals surface area contributed by atoms with Crippen LogP contribution in [0.5, 0.6) is 0 Å². The minimum Gasteiger partial charge on any atom is -0.343 e. The highest BCUT2D eigenvalue weighted by Crippen LogP contribution is 2.33. The number of benzene rings is 1. The normalized spacial score (nSPS) is 21.2.